The molecule has 3 aromatic rings. The van der Waals surface area contributed by atoms with E-state index in [1.165, 1.54) is 5.56 Å². The smallest absolute Gasteiger partial charge is 0.287 e. The van der Waals surface area contributed by atoms with Crippen molar-refractivity contribution in [3.05, 3.63) is 88.9 Å². The van der Waals surface area contributed by atoms with E-state index in [0.29, 0.717) is 5.76 Å². The number of para-hydroxylation sites is 1. The van der Waals surface area contributed by atoms with Crippen molar-refractivity contribution in [1.82, 2.24) is 5.32 Å². The van der Waals surface area contributed by atoms with Crippen LogP contribution in [-0.2, 0) is 6.61 Å². The van der Waals surface area contributed by atoms with Gasteiger partial charge in [0.2, 0.25) is 0 Å². The summed E-state index contributed by atoms with van der Waals surface area (Å²) in [6.45, 7) is 6.35. The number of amides is 1. The Kier molecular flexibility index (Phi) is 5.42. The van der Waals surface area contributed by atoms with Gasteiger partial charge in [0, 0.05) is 0 Å². The molecule has 2 aromatic carbocycles. The molecule has 134 valence electrons. The van der Waals surface area contributed by atoms with Crippen molar-refractivity contribution in [3.63, 3.8) is 0 Å². The van der Waals surface area contributed by atoms with Crippen LogP contribution < -0.4 is 10.1 Å². The lowest BCUT2D eigenvalue weighted by Gasteiger charge is -2.16. The number of nitrogens with one attached hydrogen (secondary N) is 1. The maximum Gasteiger partial charge on any atom is 0.287 e. The fourth-order valence-electron chi connectivity index (χ4n) is 2.82. The molecule has 26 heavy (non-hydrogen) atoms. The molecule has 0 saturated heterocycles. The first-order chi connectivity index (χ1) is 12.5. The molecule has 0 aliphatic heterocycles. The first kappa shape index (κ1) is 17.8. The van der Waals surface area contributed by atoms with Gasteiger partial charge in [-0.1, -0.05) is 42.0 Å². The van der Waals surface area contributed by atoms with E-state index < -0.39 is 0 Å². The van der Waals surface area contributed by atoms with Gasteiger partial charge in [0.25, 0.3) is 5.91 Å². The number of hydrogen-bond acceptors (Lipinski definition) is 3. The van der Waals surface area contributed by atoms with Crippen LogP contribution in [0.2, 0.25) is 0 Å². The predicted molar refractivity (Wildman–Crippen MR) is 101 cm³/mol. The molecule has 1 N–H and O–H groups in total. The number of rotatable bonds is 6. The molecule has 4 nitrogen and oxygen atoms in total. The molecule has 1 aromatic heterocycles. The Morgan fingerprint density at radius 2 is 1.85 bits per heavy atom. The monoisotopic (exact) mass is 349 g/mol. The molecular formula is C22H23NO3. The topological polar surface area (TPSA) is 51.5 Å². The molecular weight excluding hydrogens is 326 g/mol. The minimum absolute atomic E-state index is 0.100. The van der Waals surface area contributed by atoms with Gasteiger partial charge in [0.05, 0.1) is 6.04 Å². The van der Waals surface area contributed by atoms with Crippen LogP contribution in [0.25, 0.3) is 0 Å². The maximum absolute atomic E-state index is 12.5. The van der Waals surface area contributed by atoms with Crippen molar-refractivity contribution in [2.75, 3.05) is 0 Å². The van der Waals surface area contributed by atoms with Crippen LogP contribution in [0, 0.1) is 13.8 Å². The van der Waals surface area contributed by atoms with Crippen LogP contribution in [0.15, 0.2) is 65.1 Å². The van der Waals surface area contributed by atoms with Gasteiger partial charge in [-0.3, -0.25) is 4.79 Å². The fourth-order valence-corrected chi connectivity index (χ4v) is 2.82. The van der Waals surface area contributed by atoms with E-state index in [1.54, 1.807) is 12.1 Å². The summed E-state index contributed by atoms with van der Waals surface area (Å²) >= 11 is 0. The van der Waals surface area contributed by atoms with E-state index in [9.17, 15) is 4.79 Å². The predicted octanol–water partition coefficient (Wildman–Crippen LogP) is 4.97. The van der Waals surface area contributed by atoms with Crippen molar-refractivity contribution < 1.29 is 13.9 Å². The third-order valence-corrected chi connectivity index (χ3v) is 4.26. The highest BCUT2D eigenvalue weighted by molar-refractivity contribution is 5.91. The normalized spacial score (nSPS) is 11.8. The van der Waals surface area contributed by atoms with Gasteiger partial charge in [-0.2, -0.15) is 0 Å². The van der Waals surface area contributed by atoms with E-state index in [-0.39, 0.29) is 24.3 Å². The quantitative estimate of drug-likeness (QED) is 0.684. The average molecular weight is 349 g/mol. The van der Waals surface area contributed by atoms with Crippen LogP contribution in [-0.4, -0.2) is 5.91 Å². The number of aryl methyl sites for hydroxylation is 2. The molecule has 1 atom stereocenters. The Balaban J connectivity index is 1.61. The minimum Gasteiger partial charge on any atom is -0.486 e. The van der Waals surface area contributed by atoms with Gasteiger partial charge in [-0.15, -0.1) is 0 Å². The summed E-state index contributed by atoms with van der Waals surface area (Å²) in [5.74, 6) is 1.43. The second kappa shape index (κ2) is 7.91. The zero-order chi connectivity index (χ0) is 18.5. The van der Waals surface area contributed by atoms with Crippen LogP contribution in [0.4, 0.5) is 0 Å². The zero-order valence-corrected chi connectivity index (χ0v) is 15.3. The number of carbonyl (C=O) groups excluding carboxylic acids is 1. The maximum atomic E-state index is 12.5. The SMILES string of the molecule is Cc1ccc(C)c([C@@H](C)NC(=O)c2ccc(COc3ccccc3)o2)c1. The van der Waals surface area contributed by atoms with Gasteiger partial charge in [0.15, 0.2) is 5.76 Å². The Morgan fingerprint density at radius 1 is 1.08 bits per heavy atom. The summed E-state index contributed by atoms with van der Waals surface area (Å²) < 4.78 is 11.3. The average Bonchev–Trinajstić information content (AvgIpc) is 3.12. The molecule has 0 spiro atoms. The van der Waals surface area contributed by atoms with E-state index in [1.807, 2.05) is 51.1 Å². The molecule has 0 aliphatic rings. The summed E-state index contributed by atoms with van der Waals surface area (Å²) in [7, 11) is 0. The Bertz CT molecular complexity index is 883. The number of ether oxygens (including phenoxy) is 1. The standard InChI is InChI=1S/C22H23NO3/c1-15-9-10-16(2)20(13-15)17(3)23-22(24)21-12-11-19(26-21)14-25-18-7-5-4-6-8-18/h4-13,17H,14H2,1-3H3,(H,23,24)/t17-/m1/s1. The van der Waals surface area contributed by atoms with Crippen LogP contribution in [0.3, 0.4) is 0 Å². The number of hydrogen-bond donors (Lipinski definition) is 1. The number of carbonyl (C=O) groups is 1. The lowest BCUT2D eigenvalue weighted by molar-refractivity contribution is 0.0907. The molecule has 0 aliphatic carbocycles. The van der Waals surface area contributed by atoms with Crippen molar-refractivity contribution in [2.24, 2.45) is 0 Å². The highest BCUT2D eigenvalue weighted by atomic mass is 16.5. The summed E-state index contributed by atoms with van der Waals surface area (Å²) in [5, 5.41) is 2.99. The molecule has 3 rings (SSSR count). The van der Waals surface area contributed by atoms with E-state index in [2.05, 4.69) is 23.5 Å². The highest BCUT2D eigenvalue weighted by Crippen LogP contribution is 2.20. The van der Waals surface area contributed by atoms with Gasteiger partial charge in [0.1, 0.15) is 18.1 Å². The third-order valence-electron chi connectivity index (χ3n) is 4.26. The van der Waals surface area contributed by atoms with E-state index in [4.69, 9.17) is 9.15 Å². The lowest BCUT2D eigenvalue weighted by Crippen LogP contribution is -2.26. The van der Waals surface area contributed by atoms with E-state index >= 15 is 0 Å². The number of benzene rings is 2. The molecule has 0 fully saturated rings. The van der Waals surface area contributed by atoms with Crippen molar-refractivity contribution >= 4 is 5.91 Å². The first-order valence-electron chi connectivity index (χ1n) is 8.67. The summed E-state index contributed by atoms with van der Waals surface area (Å²) in [5.41, 5.74) is 3.43. The van der Waals surface area contributed by atoms with Crippen LogP contribution in [0.1, 0.15) is 46.0 Å². The summed E-state index contributed by atoms with van der Waals surface area (Å²) in [6.07, 6.45) is 0. The molecule has 4 heteroatoms. The molecule has 1 heterocycles. The first-order valence-corrected chi connectivity index (χ1v) is 8.67. The van der Waals surface area contributed by atoms with Crippen LogP contribution in [0.5, 0.6) is 5.75 Å². The van der Waals surface area contributed by atoms with Crippen LogP contribution >= 0.6 is 0 Å². The van der Waals surface area contributed by atoms with Crippen molar-refractivity contribution in [1.29, 1.82) is 0 Å². The second-order valence-corrected chi connectivity index (χ2v) is 6.42. The fraction of sp³-hybridized carbons (Fsp3) is 0.227. The Labute approximate surface area is 153 Å². The third kappa shape index (κ3) is 4.33. The molecule has 0 bridgehead atoms. The van der Waals surface area contributed by atoms with Gasteiger partial charge < -0.3 is 14.5 Å². The van der Waals surface area contributed by atoms with E-state index in [0.717, 1.165) is 16.9 Å². The molecule has 0 saturated carbocycles. The molecule has 1 amide bonds. The lowest BCUT2D eigenvalue weighted by atomic mass is 10.00. The van der Waals surface area contributed by atoms with Crippen molar-refractivity contribution in [2.45, 2.75) is 33.4 Å². The Hall–Kier alpha value is -3.01. The summed E-state index contributed by atoms with van der Waals surface area (Å²) in [6, 6.07) is 19.1. The second-order valence-electron chi connectivity index (χ2n) is 6.42. The zero-order valence-electron chi connectivity index (χ0n) is 15.3. The van der Waals surface area contributed by atoms with Gasteiger partial charge >= 0.3 is 0 Å². The Morgan fingerprint density at radius 3 is 2.62 bits per heavy atom. The highest BCUT2D eigenvalue weighted by Gasteiger charge is 2.16. The van der Waals surface area contributed by atoms with Gasteiger partial charge in [-0.05, 0) is 56.2 Å². The summed E-state index contributed by atoms with van der Waals surface area (Å²) in [4.78, 5) is 12.5. The number of furan rings is 1. The molecule has 0 unspecified atom stereocenters. The largest absolute Gasteiger partial charge is 0.486 e. The minimum atomic E-state index is -0.232. The van der Waals surface area contributed by atoms with Gasteiger partial charge in [-0.25, -0.2) is 0 Å². The van der Waals surface area contributed by atoms with Crippen molar-refractivity contribution in [3.8, 4) is 5.75 Å². The molecule has 0 radical (unpaired) electrons.